The van der Waals surface area contributed by atoms with Crippen LogP contribution < -0.4 is 15.8 Å². The number of alkyl halides is 3. The molecule has 3 rings (SSSR count). The Balaban J connectivity index is 1.72. The van der Waals surface area contributed by atoms with Gasteiger partial charge in [0, 0.05) is 55.0 Å². The third-order valence-corrected chi connectivity index (χ3v) is 7.13. The number of benzene rings is 1. The van der Waals surface area contributed by atoms with Crippen LogP contribution >= 0.6 is 11.8 Å². The van der Waals surface area contributed by atoms with Gasteiger partial charge in [0.2, 0.25) is 0 Å². The van der Waals surface area contributed by atoms with Crippen LogP contribution in [0.25, 0.3) is 12.3 Å². The summed E-state index contributed by atoms with van der Waals surface area (Å²) in [6.45, 7) is 11.6. The molecule has 0 aromatic heterocycles. The van der Waals surface area contributed by atoms with Gasteiger partial charge in [-0.05, 0) is 82.0 Å². The molecule has 1 N–H and O–H groups in total. The summed E-state index contributed by atoms with van der Waals surface area (Å²) in [7, 11) is 0. The van der Waals surface area contributed by atoms with Gasteiger partial charge in [0.1, 0.15) is 5.60 Å². The van der Waals surface area contributed by atoms with E-state index in [1.807, 2.05) is 33.8 Å². The van der Waals surface area contributed by atoms with Gasteiger partial charge in [-0.3, -0.25) is 4.79 Å². The lowest BCUT2D eigenvalue weighted by molar-refractivity contribution is -0.0327. The van der Waals surface area contributed by atoms with Gasteiger partial charge in [-0.2, -0.15) is 13.2 Å². The second kappa shape index (κ2) is 11.4. The molecule has 1 fully saturated rings. The fourth-order valence-corrected chi connectivity index (χ4v) is 4.94. The quantitative estimate of drug-likeness (QED) is 0.570. The Bertz CT molecular complexity index is 1080. The van der Waals surface area contributed by atoms with E-state index in [2.05, 4.69) is 29.4 Å². The maximum atomic E-state index is 12.7. The molecule has 200 valence electrons. The number of hydrogen-bond acceptors (Lipinski definition) is 5. The van der Waals surface area contributed by atoms with Gasteiger partial charge in [0.25, 0.3) is 5.91 Å². The Hall–Kier alpha value is -2.36. The Morgan fingerprint density at radius 2 is 1.94 bits per heavy atom. The van der Waals surface area contributed by atoms with Crippen LogP contribution in [0.4, 0.5) is 18.0 Å². The predicted octanol–water partition coefficient (Wildman–Crippen LogP) is 3.85. The summed E-state index contributed by atoms with van der Waals surface area (Å²) in [5.41, 5.74) is -3.58. The summed E-state index contributed by atoms with van der Waals surface area (Å²) in [5.74, 6) is -0.304. The molecule has 2 amide bonds. The van der Waals surface area contributed by atoms with E-state index in [1.165, 1.54) is 0 Å². The molecule has 0 spiro atoms. The van der Waals surface area contributed by atoms with Crippen molar-refractivity contribution in [3.05, 3.63) is 33.7 Å². The van der Waals surface area contributed by atoms with Crippen molar-refractivity contribution >= 4 is 36.0 Å². The first-order valence-corrected chi connectivity index (χ1v) is 13.3. The second-order valence-corrected chi connectivity index (χ2v) is 11.6. The van der Waals surface area contributed by atoms with Crippen LogP contribution in [0.15, 0.2) is 12.1 Å². The van der Waals surface area contributed by atoms with Gasteiger partial charge in [-0.25, -0.2) is 4.79 Å². The van der Waals surface area contributed by atoms with Crippen molar-refractivity contribution in [2.24, 2.45) is 5.92 Å². The summed E-state index contributed by atoms with van der Waals surface area (Å²) >= 11 is -0.145. The first-order chi connectivity index (χ1) is 16.7. The smallest absolute Gasteiger partial charge is 0.441 e. The average molecular weight is 528 g/mol. The van der Waals surface area contributed by atoms with Gasteiger partial charge in [0.05, 0.1) is 0 Å². The molecule has 0 saturated carbocycles. The Morgan fingerprint density at radius 1 is 1.22 bits per heavy atom. The number of carbonyl (C=O) groups excluding carboxylic acids is 2. The number of nitrogens with one attached hydrogen (secondary N) is 1. The molecule has 6 nitrogen and oxygen atoms in total. The van der Waals surface area contributed by atoms with E-state index in [9.17, 15) is 22.8 Å². The highest BCUT2D eigenvalue weighted by Crippen LogP contribution is 2.29. The van der Waals surface area contributed by atoms with Crippen LogP contribution in [-0.4, -0.2) is 70.9 Å². The lowest BCUT2D eigenvalue weighted by Crippen LogP contribution is -2.38. The second-order valence-electron chi connectivity index (χ2n) is 10.5. The van der Waals surface area contributed by atoms with Gasteiger partial charge >= 0.3 is 11.6 Å². The fourth-order valence-electron chi connectivity index (χ4n) is 4.50. The van der Waals surface area contributed by atoms with Gasteiger partial charge in [-0.15, -0.1) is 0 Å². The zero-order valence-corrected chi connectivity index (χ0v) is 22.4. The highest BCUT2D eigenvalue weighted by atomic mass is 32.2. The summed E-state index contributed by atoms with van der Waals surface area (Å²) in [5, 5.41) is 4.58. The average Bonchev–Trinajstić information content (AvgIpc) is 3.16. The van der Waals surface area contributed by atoms with E-state index in [0.29, 0.717) is 24.6 Å². The minimum absolute atomic E-state index is 0.0611. The lowest BCUT2D eigenvalue weighted by atomic mass is 10.0. The standard InChI is InChI=1S/C26H36F3N3O3S/c1-17-6-7-20-8-9-21(23(33)30-11-13-36-26(27,28)29)18(2)22(20)16-32(17)15-19-10-12-31(14-19)24(34)35-25(3,4)5/h7-9,16-17,19H,6,10-15H2,1-5H3,(H,30,33). The number of fused-ring (bicyclic) bond motifs is 1. The lowest BCUT2D eigenvalue weighted by Gasteiger charge is -2.29. The molecule has 0 bridgehead atoms. The van der Waals surface area contributed by atoms with Gasteiger partial charge in [-0.1, -0.05) is 12.1 Å². The number of nitrogens with zero attached hydrogens (tertiary/aromatic N) is 2. The molecular weight excluding hydrogens is 491 g/mol. The summed E-state index contributed by atoms with van der Waals surface area (Å²) < 4.78 is 42.6. The van der Waals surface area contributed by atoms with Crippen LogP contribution in [0.3, 0.4) is 0 Å². The first-order valence-electron chi connectivity index (χ1n) is 12.3. The number of likely N-dealkylation sites (tertiary alicyclic amines) is 1. The van der Waals surface area contributed by atoms with Crippen molar-refractivity contribution in [1.29, 1.82) is 0 Å². The molecule has 2 unspecified atom stereocenters. The molecule has 1 aromatic carbocycles. The fraction of sp³-hybridized carbons (Fsp3) is 0.615. The largest absolute Gasteiger partial charge is 0.444 e. The first kappa shape index (κ1) is 28.2. The van der Waals surface area contributed by atoms with E-state index < -0.39 is 11.1 Å². The number of rotatable bonds is 6. The number of hydrogen-bond donors (Lipinski definition) is 1. The molecule has 2 aliphatic rings. The van der Waals surface area contributed by atoms with Crippen molar-refractivity contribution in [2.75, 3.05) is 31.9 Å². The molecule has 2 atom stereocenters. The Morgan fingerprint density at radius 3 is 2.61 bits per heavy atom. The minimum Gasteiger partial charge on any atom is -0.444 e. The number of halogens is 3. The summed E-state index contributed by atoms with van der Waals surface area (Å²) in [4.78, 5) is 29.2. The van der Waals surface area contributed by atoms with Crippen molar-refractivity contribution in [3.63, 3.8) is 0 Å². The van der Waals surface area contributed by atoms with Crippen LogP contribution in [0.5, 0.6) is 0 Å². The topological polar surface area (TPSA) is 61.9 Å². The van der Waals surface area contributed by atoms with Gasteiger partial charge in [0.15, 0.2) is 0 Å². The van der Waals surface area contributed by atoms with Crippen LogP contribution in [0.1, 0.15) is 56.5 Å². The van der Waals surface area contributed by atoms with E-state index in [0.717, 1.165) is 35.4 Å². The highest BCUT2D eigenvalue weighted by Gasteiger charge is 2.31. The molecule has 1 aromatic rings. The maximum Gasteiger partial charge on any atom is 0.441 e. The molecule has 0 radical (unpaired) electrons. The Kier molecular flexibility index (Phi) is 8.90. The number of carbonyl (C=O) groups is 2. The normalized spacial score (nSPS) is 20.2. The maximum absolute atomic E-state index is 12.7. The highest BCUT2D eigenvalue weighted by molar-refractivity contribution is 8.00. The van der Waals surface area contributed by atoms with Crippen molar-refractivity contribution in [1.82, 2.24) is 15.1 Å². The van der Waals surface area contributed by atoms with Crippen molar-refractivity contribution < 1.29 is 27.5 Å². The van der Waals surface area contributed by atoms with Crippen LogP contribution in [0, 0.1) is 12.8 Å². The van der Waals surface area contributed by atoms with E-state index in [1.54, 1.807) is 11.0 Å². The van der Waals surface area contributed by atoms with E-state index in [4.69, 9.17) is 4.74 Å². The number of thioether (sulfide) groups is 1. The molecular formula is C26H36F3N3O3S. The SMILES string of the molecule is Cc1c(C(=O)NCCSC(F)(F)F)ccc2c1=CN(CC1CCN(C(=O)OC(C)(C)C)C1)C(C)CC=2. The van der Waals surface area contributed by atoms with Crippen LogP contribution in [-0.2, 0) is 4.74 Å². The third kappa shape index (κ3) is 7.82. The predicted molar refractivity (Wildman–Crippen MR) is 137 cm³/mol. The minimum atomic E-state index is -4.31. The molecule has 0 aliphatic carbocycles. The molecule has 10 heteroatoms. The van der Waals surface area contributed by atoms with Gasteiger partial charge < -0.3 is 19.9 Å². The Labute approximate surface area is 214 Å². The van der Waals surface area contributed by atoms with E-state index in [-0.39, 0.29) is 42.1 Å². The monoisotopic (exact) mass is 527 g/mol. The molecule has 2 heterocycles. The zero-order valence-electron chi connectivity index (χ0n) is 21.6. The van der Waals surface area contributed by atoms with Crippen molar-refractivity contribution in [3.8, 4) is 0 Å². The third-order valence-electron chi connectivity index (χ3n) is 6.39. The summed E-state index contributed by atoms with van der Waals surface area (Å²) in [6.07, 6.45) is 5.70. The number of ether oxygens (including phenoxy) is 1. The molecule has 2 aliphatic heterocycles. The molecule has 1 saturated heterocycles. The number of amides is 2. The van der Waals surface area contributed by atoms with Crippen molar-refractivity contribution in [2.45, 2.75) is 64.6 Å². The van der Waals surface area contributed by atoms with Crippen LogP contribution in [0.2, 0.25) is 0 Å². The zero-order chi connectivity index (χ0) is 26.7. The molecule has 36 heavy (non-hydrogen) atoms. The van der Waals surface area contributed by atoms with E-state index >= 15 is 0 Å². The summed E-state index contributed by atoms with van der Waals surface area (Å²) in [6, 6.07) is 3.87.